The molecule has 0 saturated carbocycles. The summed E-state index contributed by atoms with van der Waals surface area (Å²) >= 11 is 4.71. The number of carbonyl (C=O) groups is 1. The molecule has 0 amide bonds. The van der Waals surface area contributed by atoms with E-state index < -0.39 is 5.97 Å². The Balaban J connectivity index is 2.27. The highest BCUT2D eigenvalue weighted by molar-refractivity contribution is 9.10. The van der Waals surface area contributed by atoms with Crippen LogP contribution in [0, 0.1) is 0 Å². The Hall–Kier alpha value is -1.40. The van der Waals surface area contributed by atoms with E-state index in [-0.39, 0.29) is 5.56 Å². The van der Waals surface area contributed by atoms with E-state index in [4.69, 9.17) is 9.84 Å². The maximum Gasteiger partial charge on any atom is 0.335 e. The summed E-state index contributed by atoms with van der Waals surface area (Å²) in [5.41, 5.74) is 1.14. The van der Waals surface area contributed by atoms with Crippen LogP contribution in [0.25, 0.3) is 0 Å². The molecule has 18 heavy (non-hydrogen) atoms. The Bertz CT molecular complexity index is 582. The SMILES string of the molecule is CCc1csc(Oc2cc(C(=O)O)ccc2Br)n1. The van der Waals surface area contributed by atoms with Crippen LogP contribution in [-0.2, 0) is 6.42 Å². The number of thiazole rings is 1. The van der Waals surface area contributed by atoms with E-state index in [2.05, 4.69) is 20.9 Å². The van der Waals surface area contributed by atoms with Gasteiger partial charge in [-0.2, -0.15) is 0 Å². The Morgan fingerprint density at radius 1 is 1.56 bits per heavy atom. The molecule has 0 spiro atoms. The van der Waals surface area contributed by atoms with E-state index in [9.17, 15) is 4.79 Å². The van der Waals surface area contributed by atoms with E-state index in [1.807, 2.05) is 12.3 Å². The summed E-state index contributed by atoms with van der Waals surface area (Å²) in [5, 5.41) is 11.4. The van der Waals surface area contributed by atoms with Crippen LogP contribution in [0.3, 0.4) is 0 Å². The highest BCUT2D eigenvalue weighted by Gasteiger charge is 2.10. The van der Waals surface area contributed by atoms with Crippen molar-refractivity contribution in [3.8, 4) is 10.9 Å². The van der Waals surface area contributed by atoms with Crippen LogP contribution in [0.4, 0.5) is 0 Å². The molecule has 0 aliphatic heterocycles. The average molecular weight is 328 g/mol. The number of benzene rings is 1. The number of nitrogens with zero attached hydrogens (tertiary/aromatic N) is 1. The molecule has 0 fully saturated rings. The van der Waals surface area contributed by atoms with Crippen molar-refractivity contribution >= 4 is 33.2 Å². The number of hydrogen-bond donors (Lipinski definition) is 1. The Morgan fingerprint density at radius 2 is 2.33 bits per heavy atom. The lowest BCUT2D eigenvalue weighted by atomic mass is 10.2. The van der Waals surface area contributed by atoms with Crippen LogP contribution in [0.15, 0.2) is 28.1 Å². The molecule has 6 heteroatoms. The molecule has 2 rings (SSSR count). The van der Waals surface area contributed by atoms with E-state index in [1.165, 1.54) is 23.5 Å². The van der Waals surface area contributed by atoms with Crippen molar-refractivity contribution < 1.29 is 14.6 Å². The highest BCUT2D eigenvalue weighted by Crippen LogP contribution is 2.32. The van der Waals surface area contributed by atoms with Gasteiger partial charge in [-0.3, -0.25) is 0 Å². The first kappa shape index (κ1) is 13.0. The van der Waals surface area contributed by atoms with E-state index in [0.29, 0.717) is 15.4 Å². The van der Waals surface area contributed by atoms with E-state index in [1.54, 1.807) is 6.07 Å². The molecule has 0 bridgehead atoms. The molecular formula is C12H10BrNO3S. The molecule has 1 heterocycles. The average Bonchev–Trinajstić information content (AvgIpc) is 2.79. The monoisotopic (exact) mass is 327 g/mol. The number of aryl methyl sites for hydroxylation is 1. The van der Waals surface area contributed by atoms with E-state index >= 15 is 0 Å². The van der Waals surface area contributed by atoms with Crippen LogP contribution in [0.1, 0.15) is 23.0 Å². The smallest absolute Gasteiger partial charge is 0.335 e. The van der Waals surface area contributed by atoms with Crippen molar-refractivity contribution in [2.75, 3.05) is 0 Å². The van der Waals surface area contributed by atoms with Crippen LogP contribution in [0.5, 0.6) is 10.9 Å². The third kappa shape index (κ3) is 2.88. The molecule has 94 valence electrons. The molecule has 2 aromatic rings. The van der Waals surface area contributed by atoms with Gasteiger partial charge in [0.2, 0.25) is 0 Å². The quantitative estimate of drug-likeness (QED) is 0.923. The Labute approximate surface area is 116 Å². The van der Waals surface area contributed by atoms with Crippen molar-refractivity contribution in [1.29, 1.82) is 0 Å². The number of hydrogen-bond acceptors (Lipinski definition) is 4. The summed E-state index contributed by atoms with van der Waals surface area (Å²) in [6, 6.07) is 4.63. The standard InChI is InChI=1S/C12H10BrNO3S/c1-2-8-6-18-12(14-8)17-10-5-7(11(15)16)3-4-9(10)13/h3-6H,2H2,1H3,(H,15,16). The van der Waals surface area contributed by atoms with Crippen molar-refractivity contribution in [2.24, 2.45) is 0 Å². The third-order valence-corrected chi connectivity index (χ3v) is 3.69. The van der Waals surface area contributed by atoms with Gasteiger partial charge in [-0.1, -0.05) is 18.3 Å². The molecule has 1 N–H and O–H groups in total. The zero-order chi connectivity index (χ0) is 13.1. The molecule has 0 aliphatic carbocycles. The van der Waals surface area contributed by atoms with Crippen LogP contribution >= 0.6 is 27.3 Å². The predicted octanol–water partition coefficient (Wildman–Crippen LogP) is 3.96. The maximum atomic E-state index is 10.9. The van der Waals surface area contributed by atoms with Gasteiger partial charge in [0.25, 0.3) is 5.19 Å². The first-order valence-electron chi connectivity index (χ1n) is 5.25. The van der Waals surface area contributed by atoms with Crippen molar-refractivity contribution in [2.45, 2.75) is 13.3 Å². The van der Waals surface area contributed by atoms with Gasteiger partial charge >= 0.3 is 5.97 Å². The summed E-state index contributed by atoms with van der Waals surface area (Å²) in [6.45, 7) is 2.01. The van der Waals surface area contributed by atoms with Crippen LogP contribution in [-0.4, -0.2) is 16.1 Å². The second kappa shape index (κ2) is 5.49. The molecule has 1 aromatic heterocycles. The lowest BCUT2D eigenvalue weighted by Crippen LogP contribution is -1.96. The minimum atomic E-state index is -0.985. The Kier molecular flexibility index (Phi) is 3.98. The summed E-state index contributed by atoms with van der Waals surface area (Å²) in [5.74, 6) is -0.535. The van der Waals surface area contributed by atoms with Gasteiger partial charge in [0.15, 0.2) is 0 Å². The Morgan fingerprint density at radius 3 is 2.94 bits per heavy atom. The summed E-state index contributed by atoms with van der Waals surface area (Å²) in [7, 11) is 0. The zero-order valence-electron chi connectivity index (χ0n) is 9.51. The maximum absolute atomic E-state index is 10.9. The van der Waals surface area contributed by atoms with Gasteiger partial charge in [0.1, 0.15) is 5.75 Å². The van der Waals surface area contributed by atoms with Crippen molar-refractivity contribution in [1.82, 2.24) is 4.98 Å². The minimum absolute atomic E-state index is 0.181. The fraction of sp³-hybridized carbons (Fsp3) is 0.167. The largest absolute Gasteiger partial charge is 0.478 e. The molecule has 4 nitrogen and oxygen atoms in total. The van der Waals surface area contributed by atoms with Crippen LogP contribution < -0.4 is 4.74 Å². The number of carboxylic acids is 1. The van der Waals surface area contributed by atoms with E-state index in [0.717, 1.165) is 12.1 Å². The van der Waals surface area contributed by atoms with Gasteiger partial charge in [0.05, 0.1) is 15.7 Å². The second-order valence-electron chi connectivity index (χ2n) is 3.51. The van der Waals surface area contributed by atoms with Gasteiger partial charge in [0, 0.05) is 5.38 Å². The lowest BCUT2D eigenvalue weighted by molar-refractivity contribution is 0.0696. The number of aromatic carboxylic acids is 1. The van der Waals surface area contributed by atoms with Gasteiger partial charge < -0.3 is 9.84 Å². The first-order valence-corrected chi connectivity index (χ1v) is 6.92. The number of aromatic nitrogens is 1. The molecule has 0 atom stereocenters. The summed E-state index contributed by atoms with van der Waals surface area (Å²) < 4.78 is 6.27. The van der Waals surface area contributed by atoms with Crippen molar-refractivity contribution in [3.05, 3.63) is 39.3 Å². The number of carboxylic acid groups (broad SMARTS) is 1. The summed E-state index contributed by atoms with van der Waals surface area (Å²) in [6.07, 6.45) is 0.843. The lowest BCUT2D eigenvalue weighted by Gasteiger charge is -2.05. The van der Waals surface area contributed by atoms with Gasteiger partial charge in [-0.05, 0) is 40.5 Å². The normalized spacial score (nSPS) is 10.3. The molecule has 0 radical (unpaired) electrons. The molecule has 0 saturated heterocycles. The molecule has 0 unspecified atom stereocenters. The summed E-state index contributed by atoms with van der Waals surface area (Å²) in [4.78, 5) is 15.2. The van der Waals surface area contributed by atoms with Gasteiger partial charge in [-0.25, -0.2) is 9.78 Å². The fourth-order valence-electron chi connectivity index (χ4n) is 1.31. The van der Waals surface area contributed by atoms with Gasteiger partial charge in [-0.15, -0.1) is 0 Å². The van der Waals surface area contributed by atoms with Crippen molar-refractivity contribution in [3.63, 3.8) is 0 Å². The third-order valence-electron chi connectivity index (χ3n) is 2.27. The second-order valence-corrected chi connectivity index (χ2v) is 5.19. The van der Waals surface area contributed by atoms with Crippen LogP contribution in [0.2, 0.25) is 0 Å². The molecular weight excluding hydrogens is 318 g/mol. The topological polar surface area (TPSA) is 59.4 Å². The number of rotatable bonds is 4. The first-order chi connectivity index (χ1) is 8.60. The molecule has 0 aliphatic rings. The predicted molar refractivity (Wildman–Crippen MR) is 72.7 cm³/mol. The molecule has 1 aromatic carbocycles. The fourth-order valence-corrected chi connectivity index (χ4v) is 2.40. The minimum Gasteiger partial charge on any atom is -0.478 e. The highest BCUT2D eigenvalue weighted by atomic mass is 79.9. The zero-order valence-corrected chi connectivity index (χ0v) is 11.9. The number of ether oxygens (including phenoxy) is 1. The number of halogens is 1.